The normalized spacial score (nSPS) is 12.6. The van der Waals surface area contributed by atoms with E-state index in [0.717, 1.165) is 42.3 Å². The smallest absolute Gasteiger partial charge is 0.255 e. The van der Waals surface area contributed by atoms with E-state index in [1.165, 1.54) is 0 Å². The highest BCUT2D eigenvalue weighted by Gasteiger charge is 2.14. The molecular formula is C19H23N3O3. The van der Waals surface area contributed by atoms with E-state index in [9.17, 15) is 4.79 Å². The number of aromatic nitrogens is 1. The molecule has 0 aliphatic carbocycles. The van der Waals surface area contributed by atoms with Gasteiger partial charge >= 0.3 is 0 Å². The predicted molar refractivity (Wildman–Crippen MR) is 96.8 cm³/mol. The standard InChI is InChI=1S/C19H23N3O3/c1-3-4-7-22(2)19(23)14-10-16(13-20-12-14)21-15-5-6-17-18(11-15)25-9-8-24-17/h5-6,10-13,21H,3-4,7-9H2,1-2H3. The molecule has 0 atom stereocenters. The molecule has 0 bridgehead atoms. The third-order valence-corrected chi connectivity index (χ3v) is 4.01. The van der Waals surface area contributed by atoms with Crippen molar-refractivity contribution in [3.8, 4) is 11.5 Å². The van der Waals surface area contributed by atoms with Gasteiger partial charge in [0.25, 0.3) is 5.91 Å². The van der Waals surface area contributed by atoms with E-state index in [4.69, 9.17) is 9.47 Å². The Morgan fingerprint density at radius 2 is 1.96 bits per heavy atom. The van der Waals surface area contributed by atoms with E-state index in [0.29, 0.717) is 18.8 Å². The molecule has 0 saturated carbocycles. The number of fused-ring (bicyclic) bond motifs is 1. The van der Waals surface area contributed by atoms with Crippen LogP contribution in [0, 0.1) is 0 Å². The summed E-state index contributed by atoms with van der Waals surface area (Å²) in [5.74, 6) is 1.44. The minimum absolute atomic E-state index is 0.0215. The number of nitrogens with one attached hydrogen (secondary N) is 1. The molecule has 1 amide bonds. The van der Waals surface area contributed by atoms with Gasteiger partial charge in [-0.2, -0.15) is 0 Å². The predicted octanol–water partition coefficient (Wildman–Crippen LogP) is 3.47. The van der Waals surface area contributed by atoms with Crippen molar-refractivity contribution in [1.82, 2.24) is 9.88 Å². The molecule has 132 valence electrons. The number of hydrogen-bond donors (Lipinski definition) is 1. The fourth-order valence-corrected chi connectivity index (χ4v) is 2.63. The van der Waals surface area contributed by atoms with Gasteiger partial charge in [0.2, 0.25) is 0 Å². The Kier molecular flexibility index (Phi) is 5.38. The van der Waals surface area contributed by atoms with E-state index < -0.39 is 0 Å². The van der Waals surface area contributed by atoms with Crippen LogP contribution >= 0.6 is 0 Å². The number of anilines is 2. The van der Waals surface area contributed by atoms with Crippen molar-refractivity contribution < 1.29 is 14.3 Å². The van der Waals surface area contributed by atoms with E-state index in [-0.39, 0.29) is 5.91 Å². The summed E-state index contributed by atoms with van der Waals surface area (Å²) in [5.41, 5.74) is 2.18. The summed E-state index contributed by atoms with van der Waals surface area (Å²) in [6.45, 7) is 3.97. The number of benzene rings is 1. The molecule has 0 saturated heterocycles. The van der Waals surface area contributed by atoms with Crippen molar-refractivity contribution >= 4 is 17.3 Å². The van der Waals surface area contributed by atoms with Crippen molar-refractivity contribution in [3.63, 3.8) is 0 Å². The summed E-state index contributed by atoms with van der Waals surface area (Å²) in [4.78, 5) is 18.4. The highest BCUT2D eigenvalue weighted by molar-refractivity contribution is 5.94. The van der Waals surface area contributed by atoms with E-state index >= 15 is 0 Å². The van der Waals surface area contributed by atoms with Crippen molar-refractivity contribution in [2.45, 2.75) is 19.8 Å². The molecule has 0 spiro atoms. The molecule has 3 rings (SSSR count). The molecule has 0 unspecified atom stereocenters. The zero-order valence-electron chi connectivity index (χ0n) is 14.6. The summed E-state index contributed by atoms with van der Waals surface area (Å²) in [7, 11) is 1.82. The summed E-state index contributed by atoms with van der Waals surface area (Å²) < 4.78 is 11.1. The second-order valence-electron chi connectivity index (χ2n) is 6.03. The number of pyridine rings is 1. The van der Waals surface area contributed by atoms with Gasteiger partial charge < -0.3 is 19.7 Å². The fraction of sp³-hybridized carbons (Fsp3) is 0.368. The van der Waals surface area contributed by atoms with Crippen molar-refractivity contribution in [2.75, 3.05) is 32.1 Å². The average molecular weight is 341 g/mol. The maximum atomic E-state index is 12.5. The zero-order chi connectivity index (χ0) is 17.6. The van der Waals surface area contributed by atoms with Crippen molar-refractivity contribution in [2.24, 2.45) is 0 Å². The zero-order valence-corrected chi connectivity index (χ0v) is 14.6. The van der Waals surface area contributed by atoms with Gasteiger partial charge in [-0.25, -0.2) is 0 Å². The molecule has 6 heteroatoms. The first-order valence-electron chi connectivity index (χ1n) is 8.54. The maximum absolute atomic E-state index is 12.5. The first-order chi connectivity index (χ1) is 12.2. The van der Waals surface area contributed by atoms with Crippen LogP contribution in [0.1, 0.15) is 30.1 Å². The van der Waals surface area contributed by atoms with Crippen molar-refractivity contribution in [1.29, 1.82) is 0 Å². The summed E-state index contributed by atoms with van der Waals surface area (Å²) in [5, 5.41) is 3.26. The van der Waals surface area contributed by atoms with Crippen LogP contribution in [-0.2, 0) is 0 Å². The first-order valence-corrected chi connectivity index (χ1v) is 8.54. The van der Waals surface area contributed by atoms with Crippen LogP contribution in [0.2, 0.25) is 0 Å². The lowest BCUT2D eigenvalue weighted by atomic mass is 10.2. The molecule has 25 heavy (non-hydrogen) atoms. The van der Waals surface area contributed by atoms with Gasteiger partial charge in [-0.15, -0.1) is 0 Å². The molecule has 1 N–H and O–H groups in total. The third kappa shape index (κ3) is 4.21. The van der Waals surface area contributed by atoms with Crippen LogP contribution in [0.25, 0.3) is 0 Å². The quantitative estimate of drug-likeness (QED) is 0.872. The molecule has 2 heterocycles. The minimum atomic E-state index is -0.0215. The van der Waals surface area contributed by atoms with Crippen LogP contribution in [0.15, 0.2) is 36.7 Å². The van der Waals surface area contributed by atoms with Crippen LogP contribution < -0.4 is 14.8 Å². The monoisotopic (exact) mass is 341 g/mol. The Hall–Kier alpha value is -2.76. The number of rotatable bonds is 6. The fourth-order valence-electron chi connectivity index (χ4n) is 2.63. The van der Waals surface area contributed by atoms with Crippen LogP contribution in [0.4, 0.5) is 11.4 Å². The minimum Gasteiger partial charge on any atom is -0.486 e. The van der Waals surface area contributed by atoms with Gasteiger partial charge in [-0.3, -0.25) is 9.78 Å². The van der Waals surface area contributed by atoms with Crippen LogP contribution in [0.5, 0.6) is 11.5 Å². The van der Waals surface area contributed by atoms with E-state index in [1.54, 1.807) is 17.3 Å². The van der Waals surface area contributed by atoms with Gasteiger partial charge in [0.15, 0.2) is 11.5 Å². The van der Waals surface area contributed by atoms with Crippen LogP contribution in [-0.4, -0.2) is 42.6 Å². The SMILES string of the molecule is CCCCN(C)C(=O)c1cncc(Nc2ccc3c(c2)OCCO3)c1. The van der Waals surface area contributed by atoms with E-state index in [2.05, 4.69) is 17.2 Å². The number of nitrogens with zero attached hydrogens (tertiary/aromatic N) is 2. The topological polar surface area (TPSA) is 63.7 Å². The Labute approximate surface area is 147 Å². The first kappa shape index (κ1) is 17.1. The molecule has 0 radical (unpaired) electrons. The van der Waals surface area contributed by atoms with Gasteiger partial charge in [0.1, 0.15) is 13.2 Å². The molecule has 1 aliphatic heterocycles. The number of carbonyl (C=O) groups is 1. The second-order valence-corrected chi connectivity index (χ2v) is 6.03. The number of amides is 1. The molecule has 1 aromatic heterocycles. The molecule has 6 nitrogen and oxygen atoms in total. The molecule has 1 aliphatic rings. The lowest BCUT2D eigenvalue weighted by Crippen LogP contribution is -2.27. The number of unbranched alkanes of at least 4 members (excludes halogenated alkanes) is 1. The Balaban J connectivity index is 1.72. The highest BCUT2D eigenvalue weighted by atomic mass is 16.6. The van der Waals surface area contributed by atoms with Gasteiger partial charge in [-0.1, -0.05) is 13.3 Å². The summed E-state index contributed by atoms with van der Waals surface area (Å²) in [6.07, 6.45) is 5.34. The van der Waals surface area contributed by atoms with Crippen LogP contribution in [0.3, 0.4) is 0 Å². The lowest BCUT2D eigenvalue weighted by Gasteiger charge is -2.19. The molecular weight excluding hydrogens is 318 g/mol. The van der Waals surface area contributed by atoms with Gasteiger partial charge in [0.05, 0.1) is 17.4 Å². The third-order valence-electron chi connectivity index (χ3n) is 4.01. The van der Waals surface area contributed by atoms with E-state index in [1.807, 2.05) is 31.3 Å². The number of carbonyl (C=O) groups excluding carboxylic acids is 1. The average Bonchev–Trinajstić information content (AvgIpc) is 2.65. The Morgan fingerprint density at radius 1 is 1.16 bits per heavy atom. The highest BCUT2D eigenvalue weighted by Crippen LogP contribution is 2.33. The molecule has 0 fully saturated rings. The summed E-state index contributed by atoms with van der Waals surface area (Å²) >= 11 is 0. The summed E-state index contributed by atoms with van der Waals surface area (Å²) in [6, 6.07) is 7.48. The van der Waals surface area contributed by atoms with Gasteiger partial charge in [-0.05, 0) is 24.6 Å². The Morgan fingerprint density at radius 3 is 2.76 bits per heavy atom. The van der Waals surface area contributed by atoms with Crippen molar-refractivity contribution in [3.05, 3.63) is 42.2 Å². The number of ether oxygens (including phenoxy) is 2. The second kappa shape index (κ2) is 7.88. The maximum Gasteiger partial charge on any atom is 0.255 e. The molecule has 1 aromatic carbocycles. The largest absolute Gasteiger partial charge is 0.486 e. The number of hydrogen-bond acceptors (Lipinski definition) is 5. The molecule has 2 aromatic rings. The lowest BCUT2D eigenvalue weighted by molar-refractivity contribution is 0.0793. The Bertz CT molecular complexity index is 748. The van der Waals surface area contributed by atoms with Gasteiger partial charge in [0, 0.05) is 31.5 Å².